The summed E-state index contributed by atoms with van der Waals surface area (Å²) in [6, 6.07) is 79.8. The lowest BCUT2D eigenvalue weighted by Crippen LogP contribution is -2.12. The molecule has 1 heterocycles. The van der Waals surface area contributed by atoms with E-state index in [4.69, 9.17) is 0 Å². The topological polar surface area (TPSA) is 8.17 Å². The van der Waals surface area contributed by atoms with Crippen molar-refractivity contribution >= 4 is 38.9 Å². The molecule has 0 saturated carbocycles. The zero-order valence-electron chi connectivity index (χ0n) is 32.3. The van der Waals surface area contributed by atoms with Crippen molar-refractivity contribution in [2.75, 3.05) is 4.90 Å². The van der Waals surface area contributed by atoms with Gasteiger partial charge in [0, 0.05) is 39.3 Å². The molecule has 11 rings (SSSR count). The van der Waals surface area contributed by atoms with Gasteiger partial charge in [0.15, 0.2) is 0 Å². The minimum absolute atomic E-state index is 0.312. The van der Waals surface area contributed by atoms with Crippen molar-refractivity contribution in [2.45, 2.75) is 12.8 Å². The van der Waals surface area contributed by atoms with Gasteiger partial charge in [0.25, 0.3) is 0 Å². The van der Waals surface area contributed by atoms with E-state index in [2.05, 4.69) is 235 Å². The van der Waals surface area contributed by atoms with Crippen LogP contribution in [0.1, 0.15) is 24.0 Å². The second-order valence-electron chi connectivity index (χ2n) is 15.3. The summed E-state index contributed by atoms with van der Waals surface area (Å²) in [5, 5.41) is 2.51. The minimum atomic E-state index is 0.312. The van der Waals surface area contributed by atoms with E-state index < -0.39 is 0 Å². The van der Waals surface area contributed by atoms with Gasteiger partial charge in [-0.05, 0) is 117 Å². The van der Waals surface area contributed by atoms with Crippen molar-refractivity contribution in [3.05, 3.63) is 230 Å². The van der Waals surface area contributed by atoms with Gasteiger partial charge in [-0.2, -0.15) is 0 Å². The van der Waals surface area contributed by atoms with E-state index in [1.54, 1.807) is 0 Å². The Balaban J connectivity index is 1.06. The number of hydrogen-bond acceptors (Lipinski definition) is 1. The summed E-state index contributed by atoms with van der Waals surface area (Å²) in [5.41, 5.74) is 19.6. The summed E-state index contributed by atoms with van der Waals surface area (Å²) in [4.78, 5) is 2.45. The lowest BCUT2D eigenvalue weighted by atomic mass is 9.95. The summed E-state index contributed by atoms with van der Waals surface area (Å²) in [6.07, 6.45) is 0. The molecule has 1 aliphatic rings. The van der Waals surface area contributed by atoms with Crippen LogP contribution in [0.4, 0.5) is 17.1 Å². The largest absolute Gasteiger partial charge is 0.310 e. The summed E-state index contributed by atoms with van der Waals surface area (Å²) in [6.45, 7) is 2.34. The van der Waals surface area contributed by atoms with Crippen LogP contribution in [-0.2, 0) is 0 Å². The first-order valence-corrected chi connectivity index (χ1v) is 20.2. The molecule has 0 bridgehead atoms. The maximum Gasteiger partial charge on any atom is 0.0541 e. The van der Waals surface area contributed by atoms with Crippen LogP contribution in [0.3, 0.4) is 0 Å². The predicted octanol–water partition coefficient (Wildman–Crippen LogP) is 15.4. The molecule has 58 heavy (non-hydrogen) atoms. The SMILES string of the molecule is CC1c2ccccc2-c2ccc(N(c3ccc(-c4ccc5c(c4)c4ccccc4n5-c4ccccc4)cc3)c3ccc(-c4ccccc4)cc3-c3ccccc3)cc21. The van der Waals surface area contributed by atoms with Gasteiger partial charge in [-0.1, -0.05) is 159 Å². The minimum Gasteiger partial charge on any atom is -0.310 e. The summed E-state index contributed by atoms with van der Waals surface area (Å²) in [7, 11) is 0. The smallest absolute Gasteiger partial charge is 0.0541 e. The summed E-state index contributed by atoms with van der Waals surface area (Å²) >= 11 is 0. The average Bonchev–Trinajstić information content (AvgIpc) is 3.78. The van der Waals surface area contributed by atoms with Crippen LogP contribution in [0.15, 0.2) is 218 Å². The third kappa shape index (κ3) is 5.64. The maximum atomic E-state index is 2.45. The van der Waals surface area contributed by atoms with Crippen molar-refractivity contribution in [1.29, 1.82) is 0 Å². The number of benzene rings is 9. The molecule has 1 aromatic heterocycles. The lowest BCUT2D eigenvalue weighted by Gasteiger charge is -2.29. The van der Waals surface area contributed by atoms with E-state index in [1.165, 1.54) is 83.1 Å². The van der Waals surface area contributed by atoms with E-state index in [-0.39, 0.29) is 0 Å². The Morgan fingerprint density at radius 3 is 1.72 bits per heavy atom. The molecule has 0 radical (unpaired) electrons. The fraction of sp³-hybridized carbons (Fsp3) is 0.0357. The lowest BCUT2D eigenvalue weighted by molar-refractivity contribution is 0.956. The van der Waals surface area contributed by atoms with Crippen molar-refractivity contribution in [3.8, 4) is 50.2 Å². The highest BCUT2D eigenvalue weighted by Gasteiger charge is 2.27. The molecule has 1 unspecified atom stereocenters. The fourth-order valence-electron chi connectivity index (χ4n) is 9.21. The Morgan fingerprint density at radius 2 is 0.931 bits per heavy atom. The van der Waals surface area contributed by atoms with E-state index >= 15 is 0 Å². The van der Waals surface area contributed by atoms with Gasteiger partial charge in [-0.15, -0.1) is 0 Å². The highest BCUT2D eigenvalue weighted by molar-refractivity contribution is 6.10. The molecule has 1 atom stereocenters. The van der Waals surface area contributed by atoms with Gasteiger partial charge in [-0.25, -0.2) is 0 Å². The highest BCUT2D eigenvalue weighted by Crippen LogP contribution is 2.49. The molecule has 2 heteroatoms. The van der Waals surface area contributed by atoms with Crippen LogP contribution in [0.25, 0.3) is 72.0 Å². The normalized spacial score (nSPS) is 13.1. The van der Waals surface area contributed by atoms with Crippen LogP contribution in [0.2, 0.25) is 0 Å². The third-order valence-electron chi connectivity index (χ3n) is 12.1. The molecule has 0 aliphatic heterocycles. The zero-order chi connectivity index (χ0) is 38.6. The first kappa shape index (κ1) is 33.9. The first-order valence-electron chi connectivity index (χ1n) is 20.2. The van der Waals surface area contributed by atoms with E-state index in [0.717, 1.165) is 17.1 Å². The third-order valence-corrected chi connectivity index (χ3v) is 12.1. The van der Waals surface area contributed by atoms with Crippen molar-refractivity contribution in [2.24, 2.45) is 0 Å². The van der Waals surface area contributed by atoms with E-state index in [0.29, 0.717) is 5.92 Å². The van der Waals surface area contributed by atoms with Gasteiger partial charge in [0.05, 0.1) is 16.7 Å². The highest BCUT2D eigenvalue weighted by atomic mass is 15.1. The van der Waals surface area contributed by atoms with Gasteiger partial charge < -0.3 is 9.47 Å². The number of anilines is 3. The molecule has 274 valence electrons. The molecular formula is C56H40N2. The van der Waals surface area contributed by atoms with Gasteiger partial charge in [0.2, 0.25) is 0 Å². The predicted molar refractivity (Wildman–Crippen MR) is 245 cm³/mol. The molecule has 0 fully saturated rings. The Kier molecular flexibility index (Phi) is 8.15. The molecule has 1 aliphatic carbocycles. The fourth-order valence-corrected chi connectivity index (χ4v) is 9.21. The van der Waals surface area contributed by atoms with Crippen molar-refractivity contribution in [3.63, 3.8) is 0 Å². The Hall–Kier alpha value is -7.42. The van der Waals surface area contributed by atoms with Crippen LogP contribution < -0.4 is 4.90 Å². The quantitative estimate of drug-likeness (QED) is 0.158. The monoisotopic (exact) mass is 740 g/mol. The number of aromatic nitrogens is 1. The Bertz CT molecular complexity index is 3110. The number of rotatable bonds is 7. The van der Waals surface area contributed by atoms with Gasteiger partial charge in [0.1, 0.15) is 0 Å². The van der Waals surface area contributed by atoms with E-state index in [9.17, 15) is 0 Å². The van der Waals surface area contributed by atoms with Crippen molar-refractivity contribution < 1.29 is 0 Å². The van der Waals surface area contributed by atoms with Crippen LogP contribution in [0, 0.1) is 0 Å². The number of fused-ring (bicyclic) bond motifs is 6. The molecule has 0 N–H and O–H groups in total. The molecule has 2 nitrogen and oxygen atoms in total. The number of hydrogen-bond donors (Lipinski definition) is 0. The molecule has 9 aromatic carbocycles. The van der Waals surface area contributed by atoms with Crippen molar-refractivity contribution in [1.82, 2.24) is 4.57 Å². The number of nitrogens with zero attached hydrogens (tertiary/aromatic N) is 2. The van der Waals surface area contributed by atoms with Gasteiger partial charge >= 0.3 is 0 Å². The number of para-hydroxylation sites is 2. The zero-order valence-corrected chi connectivity index (χ0v) is 32.3. The summed E-state index contributed by atoms with van der Waals surface area (Å²) in [5.74, 6) is 0.312. The van der Waals surface area contributed by atoms with Gasteiger partial charge in [-0.3, -0.25) is 0 Å². The Morgan fingerprint density at radius 1 is 0.362 bits per heavy atom. The standard InChI is InChI=1S/C56H40N2/c1-38-47-21-11-12-22-48(47)49-32-31-46(37-51(38)49)57(55-33-27-42(39-15-5-2-6-16-39)35-52(55)41-17-7-3-8-18-41)45-29-25-40(26-30-45)43-28-34-56-53(36-43)50-23-13-14-24-54(50)58(56)44-19-9-4-10-20-44/h2-38H,1H3. The first-order chi connectivity index (χ1) is 28.7. The Labute approximate surface area is 339 Å². The van der Waals surface area contributed by atoms with Crippen LogP contribution >= 0.6 is 0 Å². The second kappa shape index (κ2) is 14.0. The van der Waals surface area contributed by atoms with E-state index in [1.807, 2.05) is 0 Å². The average molecular weight is 741 g/mol. The van der Waals surface area contributed by atoms with Crippen LogP contribution in [-0.4, -0.2) is 4.57 Å². The molecular weight excluding hydrogens is 701 g/mol. The molecule has 0 spiro atoms. The maximum absolute atomic E-state index is 2.45. The van der Waals surface area contributed by atoms with Crippen LogP contribution in [0.5, 0.6) is 0 Å². The second-order valence-corrected chi connectivity index (χ2v) is 15.3. The molecule has 0 saturated heterocycles. The molecule has 10 aromatic rings. The molecule has 0 amide bonds. The summed E-state index contributed by atoms with van der Waals surface area (Å²) < 4.78 is 2.37.